The zero-order chi connectivity index (χ0) is 35.1. The molecule has 49 heavy (non-hydrogen) atoms. The van der Waals surface area contributed by atoms with Crippen LogP contribution in [0.5, 0.6) is 5.75 Å². The van der Waals surface area contributed by atoms with Gasteiger partial charge in [0.2, 0.25) is 5.91 Å². The Morgan fingerprint density at radius 3 is 2.69 bits per heavy atom. The Kier molecular flexibility index (Phi) is 9.49. The molecule has 260 valence electrons. The molecule has 0 spiro atoms. The monoisotopic (exact) mass is 684 g/mol. The van der Waals surface area contributed by atoms with E-state index in [4.69, 9.17) is 9.47 Å². The molecule has 3 aliphatic rings. The van der Waals surface area contributed by atoms with Gasteiger partial charge in [-0.25, -0.2) is 31.9 Å². The number of nitrogens with one attached hydrogen (secondary N) is 1. The molecule has 0 aliphatic carbocycles. The lowest BCUT2D eigenvalue weighted by molar-refractivity contribution is -0.126. The molecule has 2 N–H and O–H groups in total. The maximum Gasteiger partial charge on any atom is 0.355 e. The number of fused-ring (bicyclic) bond motifs is 4. The molecule has 1 amide bonds. The first-order valence-corrected chi connectivity index (χ1v) is 15.9. The number of dihydropyridines is 1. The van der Waals surface area contributed by atoms with Gasteiger partial charge in [-0.05, 0) is 49.4 Å². The van der Waals surface area contributed by atoms with Crippen molar-refractivity contribution in [2.75, 3.05) is 37.7 Å². The van der Waals surface area contributed by atoms with Crippen LogP contribution in [0.4, 0.5) is 23.4 Å². The summed E-state index contributed by atoms with van der Waals surface area (Å²) in [6.07, 6.45) is -1.66. The number of rotatable bonds is 6. The van der Waals surface area contributed by atoms with E-state index >= 15 is 8.78 Å². The van der Waals surface area contributed by atoms with E-state index in [1.54, 1.807) is 16.0 Å². The molecule has 2 aromatic heterocycles. The van der Waals surface area contributed by atoms with Gasteiger partial charge in [0, 0.05) is 31.2 Å². The summed E-state index contributed by atoms with van der Waals surface area (Å²) in [5, 5.41) is 14.7. The Labute approximate surface area is 279 Å². The molecule has 3 aliphatic heterocycles. The fourth-order valence-electron chi connectivity index (χ4n) is 6.62. The van der Waals surface area contributed by atoms with Crippen LogP contribution in [0.15, 0.2) is 59.6 Å². The lowest BCUT2D eigenvalue weighted by atomic mass is 9.90. The number of pyridine rings is 1. The lowest BCUT2D eigenvalue weighted by Crippen LogP contribution is -2.54. The van der Waals surface area contributed by atoms with E-state index in [0.29, 0.717) is 0 Å². The summed E-state index contributed by atoms with van der Waals surface area (Å²) in [4.78, 5) is 39.1. The van der Waals surface area contributed by atoms with Gasteiger partial charge >= 0.3 is 5.69 Å². The molecule has 1 saturated heterocycles. The van der Waals surface area contributed by atoms with Crippen molar-refractivity contribution < 1.29 is 36.9 Å². The molecule has 0 saturated carbocycles. The zero-order valence-corrected chi connectivity index (χ0v) is 27.1. The summed E-state index contributed by atoms with van der Waals surface area (Å²) in [5.41, 5.74) is -1.41. The fourth-order valence-corrected chi connectivity index (χ4v) is 6.62. The number of alkyl halides is 2. The maximum absolute atomic E-state index is 16.3. The number of halogens is 4. The molecule has 1 aromatic carbocycles. The Morgan fingerprint density at radius 2 is 2.00 bits per heavy atom. The number of aliphatic hydroxyl groups excluding tert-OH is 1. The molecule has 6 rings (SSSR count). The molecular formula is C34H36F4N6O5. The number of anilines is 1. The van der Waals surface area contributed by atoms with Crippen LogP contribution in [0.3, 0.4) is 0 Å². The van der Waals surface area contributed by atoms with Crippen molar-refractivity contribution in [3.63, 3.8) is 0 Å². The molecule has 2 bridgehead atoms. The van der Waals surface area contributed by atoms with Gasteiger partial charge in [-0.3, -0.25) is 4.79 Å². The number of hydrogen-bond acceptors (Lipinski definition) is 9. The van der Waals surface area contributed by atoms with Crippen LogP contribution in [0.2, 0.25) is 0 Å². The molecule has 15 heteroatoms. The van der Waals surface area contributed by atoms with Crippen molar-refractivity contribution in [3.8, 4) is 17.0 Å². The Balaban J connectivity index is 1.70. The molecule has 4 atom stereocenters. The average molecular weight is 685 g/mol. The predicted octanol–water partition coefficient (Wildman–Crippen LogP) is 3.72. The normalized spacial score (nSPS) is 22.4. The highest BCUT2D eigenvalue weighted by Gasteiger charge is 2.37. The van der Waals surface area contributed by atoms with Gasteiger partial charge in [-0.15, -0.1) is 0 Å². The standard InChI is InChI=1S/C34H36F4N6O5/c1-5-26(46)42-11-12-43(18(4)14-42)32-20-13-22(36)29-27-21(35)7-6-8-24(27)48-15-23(45)31(49-16-25(37)38)19-9-10-39-28(17(2)3)30(19)44(33(20)40-29)34(47)41-32/h5-10,13,17-18,23,25,28,31,39,45H,1,11-12,14-16H2,2-4H3/t18-,23?,28?,31?/m0/s1. The second kappa shape index (κ2) is 13.6. The molecule has 5 heterocycles. The fraction of sp³-hybridized carbons (Fsp3) is 0.412. The minimum absolute atomic E-state index is 0.0950. The third-order valence-corrected chi connectivity index (χ3v) is 8.90. The van der Waals surface area contributed by atoms with Crippen molar-refractivity contribution in [1.29, 1.82) is 0 Å². The summed E-state index contributed by atoms with van der Waals surface area (Å²) < 4.78 is 71.5. The van der Waals surface area contributed by atoms with Crippen LogP contribution in [0.25, 0.3) is 28.0 Å². The van der Waals surface area contributed by atoms with Crippen molar-refractivity contribution in [2.24, 2.45) is 5.92 Å². The number of nitrogens with zero attached hydrogens (tertiary/aromatic N) is 5. The van der Waals surface area contributed by atoms with Crippen LogP contribution < -0.4 is 20.6 Å². The van der Waals surface area contributed by atoms with E-state index in [0.717, 1.165) is 16.7 Å². The van der Waals surface area contributed by atoms with Gasteiger partial charge in [0.15, 0.2) is 11.5 Å². The van der Waals surface area contributed by atoms with Crippen molar-refractivity contribution in [2.45, 2.75) is 51.5 Å². The van der Waals surface area contributed by atoms with Crippen LogP contribution in [0.1, 0.15) is 20.8 Å². The number of amides is 1. The number of aromatic nitrogens is 3. The summed E-state index contributed by atoms with van der Waals surface area (Å²) >= 11 is 0. The van der Waals surface area contributed by atoms with E-state index in [2.05, 4.69) is 21.9 Å². The molecule has 1 fully saturated rings. The van der Waals surface area contributed by atoms with Gasteiger partial charge in [0.25, 0.3) is 6.43 Å². The number of hydrogen-bond donors (Lipinski definition) is 2. The van der Waals surface area contributed by atoms with Gasteiger partial charge in [0.1, 0.15) is 48.5 Å². The van der Waals surface area contributed by atoms with E-state index in [1.807, 2.05) is 20.8 Å². The highest BCUT2D eigenvalue weighted by molar-refractivity contribution is 5.92. The van der Waals surface area contributed by atoms with Gasteiger partial charge in [0.05, 0.1) is 22.7 Å². The Hall–Kier alpha value is -4.76. The van der Waals surface area contributed by atoms with Crippen molar-refractivity contribution in [1.82, 2.24) is 24.8 Å². The van der Waals surface area contributed by atoms with E-state index < -0.39 is 60.9 Å². The minimum atomic E-state index is -2.89. The van der Waals surface area contributed by atoms with Gasteiger partial charge in [-0.1, -0.05) is 26.5 Å². The minimum Gasteiger partial charge on any atom is -0.490 e. The Morgan fingerprint density at radius 1 is 1.22 bits per heavy atom. The highest BCUT2D eigenvalue weighted by Crippen LogP contribution is 2.39. The average Bonchev–Trinajstić information content (AvgIpc) is 3.06. The third-order valence-electron chi connectivity index (χ3n) is 8.90. The summed E-state index contributed by atoms with van der Waals surface area (Å²) in [7, 11) is 0. The van der Waals surface area contributed by atoms with Gasteiger partial charge < -0.3 is 29.7 Å². The number of aliphatic hydroxyl groups is 1. The second-order valence-electron chi connectivity index (χ2n) is 12.5. The highest BCUT2D eigenvalue weighted by atomic mass is 19.3. The number of ether oxygens (including phenoxy) is 2. The molecule has 3 aromatic rings. The van der Waals surface area contributed by atoms with Crippen LogP contribution in [0, 0.1) is 17.6 Å². The third kappa shape index (κ3) is 6.28. The van der Waals surface area contributed by atoms with Crippen LogP contribution in [-0.2, 0) is 9.53 Å². The van der Waals surface area contributed by atoms with Crippen molar-refractivity contribution >= 4 is 28.5 Å². The molecule has 11 nitrogen and oxygen atoms in total. The molecular weight excluding hydrogens is 648 g/mol. The topological polar surface area (TPSA) is 122 Å². The quantitative estimate of drug-likeness (QED) is 0.296. The summed E-state index contributed by atoms with van der Waals surface area (Å²) in [6.45, 7) is 8.26. The largest absolute Gasteiger partial charge is 0.490 e. The zero-order valence-electron chi connectivity index (χ0n) is 27.1. The molecule has 0 radical (unpaired) electrons. The SMILES string of the molecule is C=CC(=O)N1CCN(c2nc(=O)n3c4nc(c(F)cc24)-c2c(F)cccc2OCC(O)C(OCC(F)F)C2=C3C(C(C)C)NC=C2)[C@@H](C)C1. The number of carbonyl (C=O) groups excluding carboxylic acids is 1. The first-order valence-electron chi connectivity index (χ1n) is 15.9. The maximum atomic E-state index is 16.3. The van der Waals surface area contributed by atoms with Crippen molar-refractivity contribution in [3.05, 3.63) is 76.9 Å². The Bertz CT molecular complexity index is 1910. The summed E-state index contributed by atoms with van der Waals surface area (Å²) in [5.74, 6) is -2.39. The smallest absolute Gasteiger partial charge is 0.355 e. The summed E-state index contributed by atoms with van der Waals surface area (Å²) in [6, 6.07) is 3.86. The number of benzene rings is 1. The van der Waals surface area contributed by atoms with Gasteiger partial charge in [-0.2, -0.15) is 4.98 Å². The first kappa shape index (κ1) is 34.1. The van der Waals surface area contributed by atoms with E-state index in [-0.39, 0.29) is 76.9 Å². The number of piperazine rings is 1. The molecule has 3 unspecified atom stereocenters. The second-order valence-corrected chi connectivity index (χ2v) is 12.5. The van der Waals surface area contributed by atoms with E-state index in [1.165, 1.54) is 24.3 Å². The van der Waals surface area contributed by atoms with Crippen LogP contribution >= 0.6 is 0 Å². The predicted molar refractivity (Wildman–Crippen MR) is 174 cm³/mol. The number of carbonyl (C=O) groups is 1. The van der Waals surface area contributed by atoms with Crippen LogP contribution in [-0.4, -0.2) is 94.0 Å². The first-order chi connectivity index (χ1) is 23.4. The lowest BCUT2D eigenvalue weighted by Gasteiger charge is -2.40. The van der Waals surface area contributed by atoms with E-state index in [9.17, 15) is 23.5 Å².